The molecule has 0 aliphatic heterocycles. The minimum Gasteiger partial charge on any atom is -0.334 e. The Kier molecular flexibility index (Phi) is 4.81. The van der Waals surface area contributed by atoms with Crippen LogP contribution in [0.15, 0.2) is 24.3 Å². The first-order valence-electron chi connectivity index (χ1n) is 6.17. The second-order valence-electron chi connectivity index (χ2n) is 4.40. The van der Waals surface area contributed by atoms with Crippen molar-refractivity contribution in [2.45, 2.75) is 19.5 Å². The van der Waals surface area contributed by atoms with E-state index in [1.165, 1.54) is 12.1 Å². The average Bonchev–Trinajstić information content (AvgIpc) is 2.77. The van der Waals surface area contributed by atoms with Crippen LogP contribution in [0.2, 0.25) is 0 Å². The molecule has 21 heavy (non-hydrogen) atoms. The molecule has 1 unspecified atom stereocenters. The van der Waals surface area contributed by atoms with Crippen LogP contribution in [0.1, 0.15) is 24.2 Å². The molecule has 0 saturated carbocycles. The number of urea groups is 1. The minimum atomic E-state index is -0.552. The molecule has 1 atom stereocenters. The number of nitrogens with one attached hydrogen (secondary N) is 2. The fourth-order valence-corrected chi connectivity index (χ4v) is 2.41. The lowest BCUT2D eigenvalue weighted by atomic mass is 10.2. The number of rotatable bonds is 4. The number of thiazole rings is 1. The maximum atomic E-state index is 13.5. The van der Waals surface area contributed by atoms with Crippen molar-refractivity contribution in [1.82, 2.24) is 10.3 Å². The third-order valence-corrected chi connectivity index (χ3v) is 3.38. The average molecular weight is 312 g/mol. The van der Waals surface area contributed by atoms with Crippen LogP contribution in [-0.4, -0.2) is 11.0 Å². The number of hydrogen-bond acceptors (Lipinski definition) is 4. The van der Waals surface area contributed by atoms with Gasteiger partial charge in [0.2, 0.25) is 5.13 Å². The quantitative estimate of drug-likeness (QED) is 0.812. The Morgan fingerprint density at radius 3 is 2.86 bits per heavy atom. The highest BCUT2D eigenvalue weighted by atomic mass is 32.1. The summed E-state index contributed by atoms with van der Waals surface area (Å²) in [6, 6.07) is 4.77. The molecule has 0 spiro atoms. The summed E-state index contributed by atoms with van der Waals surface area (Å²) in [6.45, 7) is 1.75. The summed E-state index contributed by atoms with van der Waals surface area (Å²) >= 11 is 0.705. The van der Waals surface area contributed by atoms with Gasteiger partial charge in [-0.3, -0.25) is 5.32 Å². The highest BCUT2D eigenvalue weighted by molar-refractivity contribution is 7.14. The lowest BCUT2D eigenvalue weighted by Gasteiger charge is -2.05. The van der Waals surface area contributed by atoms with Crippen LogP contribution in [0, 0.1) is 10.9 Å². The van der Waals surface area contributed by atoms with Gasteiger partial charge in [0.25, 0.3) is 0 Å². The Bertz CT molecular complexity index is 645. The normalized spacial score (nSPS) is 12.0. The summed E-state index contributed by atoms with van der Waals surface area (Å²) in [4.78, 5) is 15.6. The van der Waals surface area contributed by atoms with E-state index < -0.39 is 17.2 Å². The van der Waals surface area contributed by atoms with Crippen LogP contribution in [-0.2, 0) is 6.54 Å². The minimum absolute atomic E-state index is 0.112. The van der Waals surface area contributed by atoms with Crippen LogP contribution in [0.3, 0.4) is 0 Å². The largest absolute Gasteiger partial charge is 0.334 e. The molecule has 0 fully saturated rings. The molecule has 1 aromatic carbocycles. The molecule has 0 radical (unpaired) electrons. The zero-order chi connectivity index (χ0) is 15.4. The summed E-state index contributed by atoms with van der Waals surface area (Å²) in [7, 11) is 0. The number of aromatic nitrogens is 1. The predicted octanol–water partition coefficient (Wildman–Crippen LogP) is 2.76. The van der Waals surface area contributed by atoms with Gasteiger partial charge in [-0.2, -0.15) is 4.39 Å². The summed E-state index contributed by atoms with van der Waals surface area (Å²) < 4.78 is 26.4. The molecule has 1 aromatic heterocycles. The van der Waals surface area contributed by atoms with Gasteiger partial charge in [-0.05, 0) is 24.6 Å². The summed E-state index contributed by atoms with van der Waals surface area (Å²) in [5, 5.41) is 4.54. The Hall–Kier alpha value is -2.06. The number of anilines is 1. The smallest absolute Gasteiger partial charge is 0.321 e. The third-order valence-electron chi connectivity index (χ3n) is 2.60. The van der Waals surface area contributed by atoms with Gasteiger partial charge in [0, 0.05) is 12.6 Å². The standard InChI is InChI=1S/C13H14F2N4OS/c1-7(16)10-11(15)21-13(18-10)19-12(20)17-6-8-3-2-4-9(14)5-8/h2-5,7H,6,16H2,1H3,(H2,17,18,19,20). The molecule has 0 saturated heterocycles. The lowest BCUT2D eigenvalue weighted by Crippen LogP contribution is -2.28. The van der Waals surface area contributed by atoms with E-state index in [0.717, 1.165) is 0 Å². The monoisotopic (exact) mass is 312 g/mol. The van der Waals surface area contributed by atoms with Crippen LogP contribution >= 0.6 is 11.3 Å². The number of amides is 2. The predicted molar refractivity (Wildman–Crippen MR) is 76.9 cm³/mol. The number of halogens is 2. The molecular weight excluding hydrogens is 298 g/mol. The zero-order valence-corrected chi connectivity index (χ0v) is 12.0. The van der Waals surface area contributed by atoms with Crippen molar-refractivity contribution >= 4 is 22.5 Å². The fraction of sp³-hybridized carbons (Fsp3) is 0.231. The molecule has 8 heteroatoms. The van der Waals surface area contributed by atoms with Gasteiger partial charge in [-0.1, -0.05) is 23.5 Å². The molecule has 5 nitrogen and oxygen atoms in total. The van der Waals surface area contributed by atoms with Gasteiger partial charge in [0.1, 0.15) is 11.5 Å². The van der Waals surface area contributed by atoms with E-state index in [2.05, 4.69) is 15.6 Å². The highest BCUT2D eigenvalue weighted by Gasteiger charge is 2.15. The fourth-order valence-electron chi connectivity index (χ4n) is 1.62. The summed E-state index contributed by atoms with van der Waals surface area (Å²) in [6.07, 6.45) is 0. The SMILES string of the molecule is CC(N)c1nc(NC(=O)NCc2cccc(F)c2)sc1F. The van der Waals surface area contributed by atoms with E-state index in [-0.39, 0.29) is 23.2 Å². The van der Waals surface area contributed by atoms with Crippen LogP contribution in [0.4, 0.5) is 18.7 Å². The summed E-state index contributed by atoms with van der Waals surface area (Å²) in [5.41, 5.74) is 6.28. The number of carbonyl (C=O) groups excluding carboxylic acids is 1. The first kappa shape index (κ1) is 15.3. The van der Waals surface area contributed by atoms with Crippen molar-refractivity contribution in [3.8, 4) is 0 Å². The van der Waals surface area contributed by atoms with Gasteiger partial charge in [0.15, 0.2) is 5.13 Å². The zero-order valence-electron chi connectivity index (χ0n) is 11.2. The second-order valence-corrected chi connectivity index (χ2v) is 5.35. The molecule has 0 aliphatic carbocycles. The maximum Gasteiger partial charge on any atom is 0.321 e. The molecule has 1 heterocycles. The van der Waals surface area contributed by atoms with Gasteiger partial charge < -0.3 is 11.1 Å². The van der Waals surface area contributed by atoms with E-state index in [9.17, 15) is 13.6 Å². The van der Waals surface area contributed by atoms with Gasteiger partial charge in [-0.15, -0.1) is 0 Å². The molecule has 0 aliphatic rings. The Labute approximate surface area is 124 Å². The van der Waals surface area contributed by atoms with Gasteiger partial charge >= 0.3 is 6.03 Å². The third kappa shape index (κ3) is 4.20. The van der Waals surface area contributed by atoms with Crippen molar-refractivity contribution in [3.05, 3.63) is 46.5 Å². The van der Waals surface area contributed by atoms with Crippen molar-refractivity contribution in [3.63, 3.8) is 0 Å². The van der Waals surface area contributed by atoms with Gasteiger partial charge in [-0.25, -0.2) is 14.2 Å². The van der Waals surface area contributed by atoms with E-state index in [1.54, 1.807) is 19.1 Å². The number of hydrogen-bond donors (Lipinski definition) is 3. The topological polar surface area (TPSA) is 80.0 Å². The number of nitrogens with two attached hydrogens (primary N) is 1. The molecule has 2 amide bonds. The van der Waals surface area contributed by atoms with Crippen LogP contribution in [0.25, 0.3) is 0 Å². The highest BCUT2D eigenvalue weighted by Crippen LogP contribution is 2.24. The molecule has 2 rings (SSSR count). The van der Waals surface area contributed by atoms with E-state index in [4.69, 9.17) is 5.73 Å². The van der Waals surface area contributed by atoms with E-state index in [0.29, 0.717) is 16.9 Å². The number of nitrogens with zero attached hydrogens (tertiary/aromatic N) is 1. The van der Waals surface area contributed by atoms with Crippen LogP contribution in [0.5, 0.6) is 0 Å². The number of benzene rings is 1. The van der Waals surface area contributed by atoms with Crippen molar-refractivity contribution in [2.24, 2.45) is 5.73 Å². The van der Waals surface area contributed by atoms with Crippen molar-refractivity contribution in [2.75, 3.05) is 5.32 Å². The number of carbonyl (C=O) groups is 1. The summed E-state index contributed by atoms with van der Waals surface area (Å²) in [5.74, 6) is -0.377. The molecule has 2 aromatic rings. The molecule has 112 valence electrons. The van der Waals surface area contributed by atoms with Crippen molar-refractivity contribution in [1.29, 1.82) is 0 Å². The lowest BCUT2D eigenvalue weighted by molar-refractivity contribution is 0.251. The first-order chi connectivity index (χ1) is 9.95. The van der Waals surface area contributed by atoms with E-state index >= 15 is 0 Å². The Morgan fingerprint density at radius 2 is 2.24 bits per heavy atom. The Morgan fingerprint density at radius 1 is 1.48 bits per heavy atom. The maximum absolute atomic E-state index is 13.5. The molecule has 0 bridgehead atoms. The molecule has 4 N–H and O–H groups in total. The van der Waals surface area contributed by atoms with Crippen LogP contribution < -0.4 is 16.4 Å². The first-order valence-corrected chi connectivity index (χ1v) is 6.98. The second kappa shape index (κ2) is 6.59. The Balaban J connectivity index is 1.91. The van der Waals surface area contributed by atoms with Gasteiger partial charge in [0.05, 0.1) is 0 Å². The molecular formula is C13H14F2N4OS. The van der Waals surface area contributed by atoms with Crippen molar-refractivity contribution < 1.29 is 13.6 Å². The van der Waals surface area contributed by atoms with E-state index in [1.807, 2.05) is 0 Å².